The first-order valence-corrected chi connectivity index (χ1v) is 10.2. The van der Waals surface area contributed by atoms with E-state index in [4.69, 9.17) is 29.7 Å². The molecule has 0 radical (unpaired) electrons. The molecule has 3 aromatic carbocycles. The van der Waals surface area contributed by atoms with E-state index >= 15 is 0 Å². The quantitative estimate of drug-likeness (QED) is 0.253. The largest absolute Gasteiger partial charge is 0.335 e. The number of halogens is 1. The van der Waals surface area contributed by atoms with Crippen LogP contribution in [0.5, 0.6) is 0 Å². The Morgan fingerprint density at radius 2 is 1.57 bits per heavy atom. The van der Waals surface area contributed by atoms with Gasteiger partial charge in [-0.25, -0.2) is 9.36 Å². The molecule has 5 nitrogen and oxygen atoms in total. The summed E-state index contributed by atoms with van der Waals surface area (Å²) in [6.07, 6.45) is 0.146. The van der Waals surface area contributed by atoms with E-state index in [1.165, 1.54) is 4.68 Å². The summed E-state index contributed by atoms with van der Waals surface area (Å²) in [7, 11) is 0. The zero-order valence-corrected chi connectivity index (χ0v) is 17.6. The Bertz CT molecular complexity index is 1240. The molecule has 0 spiro atoms. The molecule has 0 unspecified atom stereocenters. The predicted octanol–water partition coefficient (Wildman–Crippen LogP) is 5.31. The van der Waals surface area contributed by atoms with Crippen LogP contribution in [0.1, 0.15) is 28.4 Å². The Morgan fingerprint density at radius 1 is 0.967 bits per heavy atom. The zero-order valence-electron chi connectivity index (χ0n) is 16.0. The topological polar surface area (TPSA) is 65.8 Å². The number of hydrogen-bond acceptors (Lipinski definition) is 4. The van der Waals surface area contributed by atoms with Gasteiger partial charge in [0, 0.05) is 22.6 Å². The summed E-state index contributed by atoms with van der Waals surface area (Å²) in [6, 6.07) is 25.6. The molecule has 0 saturated heterocycles. The van der Waals surface area contributed by atoms with E-state index in [9.17, 15) is 4.79 Å². The van der Waals surface area contributed by atoms with E-state index in [2.05, 4.69) is 5.10 Å². The van der Waals surface area contributed by atoms with E-state index in [0.717, 1.165) is 11.1 Å². The summed E-state index contributed by atoms with van der Waals surface area (Å²) < 4.78 is 3.28. The highest BCUT2D eigenvalue weighted by Crippen LogP contribution is 2.31. The summed E-state index contributed by atoms with van der Waals surface area (Å²) in [5, 5.41) is 5.22. The molecule has 0 amide bonds. The molecule has 2 N–H and O–H groups in total. The second-order valence-electron chi connectivity index (χ2n) is 6.82. The fourth-order valence-corrected chi connectivity index (χ4v) is 3.89. The summed E-state index contributed by atoms with van der Waals surface area (Å²) in [5.74, 6) is 6.73. The average molecular weight is 435 g/mol. The van der Waals surface area contributed by atoms with Gasteiger partial charge < -0.3 is 5.84 Å². The minimum absolute atomic E-state index is 0.0322. The summed E-state index contributed by atoms with van der Waals surface area (Å²) in [5.41, 5.74) is 2.21. The highest BCUT2D eigenvalue weighted by atomic mass is 35.5. The third-order valence-electron chi connectivity index (χ3n) is 4.90. The van der Waals surface area contributed by atoms with Gasteiger partial charge in [0.15, 0.2) is 11.6 Å². The Hall–Kier alpha value is -3.22. The molecule has 1 aromatic heterocycles. The number of nitrogen functional groups attached to an aromatic ring is 1. The van der Waals surface area contributed by atoms with Gasteiger partial charge >= 0.3 is 0 Å². The minimum atomic E-state index is -0.494. The normalized spacial score (nSPS) is 11.9. The standard InChI is InChI=1S/C23H19ClN4OS/c24-19-14-8-7-13-18(19)20(15-21(29)16-9-3-1-4-10-16)28-23(30)27(25)22(26-28)17-11-5-2-6-12-17/h1-14,20H,15,25H2/t20-/m0/s1. The van der Waals surface area contributed by atoms with Crippen LogP contribution in [0, 0.1) is 4.77 Å². The van der Waals surface area contributed by atoms with E-state index in [-0.39, 0.29) is 12.2 Å². The molecule has 0 fully saturated rings. The van der Waals surface area contributed by atoms with Crippen LogP contribution in [0.15, 0.2) is 84.9 Å². The Morgan fingerprint density at radius 3 is 2.23 bits per heavy atom. The number of hydrogen-bond donors (Lipinski definition) is 1. The summed E-state index contributed by atoms with van der Waals surface area (Å²) in [4.78, 5) is 13.0. The number of ketones is 1. The lowest BCUT2D eigenvalue weighted by Gasteiger charge is -2.18. The van der Waals surface area contributed by atoms with Crippen LogP contribution in [-0.2, 0) is 0 Å². The average Bonchev–Trinajstić information content (AvgIpc) is 3.08. The van der Waals surface area contributed by atoms with Crippen LogP contribution in [0.4, 0.5) is 0 Å². The lowest BCUT2D eigenvalue weighted by molar-refractivity contribution is 0.0967. The SMILES string of the molecule is Nn1c(-c2ccccc2)nn([C@@H](CC(=O)c2ccccc2)c2ccccc2Cl)c1=S. The van der Waals surface area contributed by atoms with Gasteiger partial charge in [0.1, 0.15) is 0 Å². The van der Waals surface area contributed by atoms with Crippen molar-refractivity contribution in [2.45, 2.75) is 12.5 Å². The van der Waals surface area contributed by atoms with Crippen molar-refractivity contribution in [3.63, 3.8) is 0 Å². The van der Waals surface area contributed by atoms with Gasteiger partial charge in [0.25, 0.3) is 0 Å². The number of rotatable bonds is 6. The van der Waals surface area contributed by atoms with Crippen molar-refractivity contribution in [2.75, 3.05) is 5.84 Å². The van der Waals surface area contributed by atoms with Gasteiger partial charge in [-0.3, -0.25) is 4.79 Å². The molecule has 0 aliphatic carbocycles. The predicted molar refractivity (Wildman–Crippen MR) is 122 cm³/mol. The van der Waals surface area contributed by atoms with Crippen molar-refractivity contribution < 1.29 is 4.79 Å². The number of nitrogens with two attached hydrogens (primary N) is 1. The van der Waals surface area contributed by atoms with Crippen LogP contribution in [0.2, 0.25) is 5.02 Å². The fraction of sp³-hybridized carbons (Fsp3) is 0.0870. The minimum Gasteiger partial charge on any atom is -0.335 e. The number of carbonyl (C=O) groups is 1. The number of aromatic nitrogens is 3. The monoisotopic (exact) mass is 434 g/mol. The smallest absolute Gasteiger partial charge is 0.217 e. The van der Waals surface area contributed by atoms with Crippen LogP contribution >= 0.6 is 23.8 Å². The highest BCUT2D eigenvalue weighted by molar-refractivity contribution is 7.71. The highest BCUT2D eigenvalue weighted by Gasteiger charge is 2.25. The maximum Gasteiger partial charge on any atom is 0.217 e. The maximum atomic E-state index is 13.0. The Labute approximate surface area is 184 Å². The molecule has 0 aliphatic rings. The maximum absolute atomic E-state index is 13.0. The molecule has 1 atom stereocenters. The molecule has 0 bridgehead atoms. The number of benzene rings is 3. The van der Waals surface area contributed by atoms with Crippen molar-refractivity contribution >= 4 is 29.6 Å². The van der Waals surface area contributed by atoms with Gasteiger partial charge in [-0.2, -0.15) is 0 Å². The molecular formula is C23H19ClN4OS. The first-order valence-electron chi connectivity index (χ1n) is 9.41. The van der Waals surface area contributed by atoms with Gasteiger partial charge in [-0.05, 0) is 23.8 Å². The van der Waals surface area contributed by atoms with Crippen molar-refractivity contribution in [1.82, 2.24) is 14.5 Å². The fourth-order valence-electron chi connectivity index (χ4n) is 3.37. The molecule has 4 aromatic rings. The molecule has 1 heterocycles. The van der Waals surface area contributed by atoms with E-state index < -0.39 is 6.04 Å². The first-order chi connectivity index (χ1) is 14.6. The van der Waals surface area contributed by atoms with Crippen molar-refractivity contribution in [2.24, 2.45) is 0 Å². The Balaban J connectivity index is 1.82. The molecule has 4 rings (SSSR count). The third-order valence-corrected chi connectivity index (χ3v) is 5.63. The molecule has 0 aliphatic heterocycles. The summed E-state index contributed by atoms with van der Waals surface area (Å²) in [6.45, 7) is 0. The zero-order chi connectivity index (χ0) is 21.1. The second kappa shape index (κ2) is 8.65. The summed E-state index contributed by atoms with van der Waals surface area (Å²) >= 11 is 12.1. The van der Waals surface area contributed by atoms with Crippen LogP contribution in [-0.4, -0.2) is 20.2 Å². The van der Waals surface area contributed by atoms with Gasteiger partial charge in [-0.15, -0.1) is 5.10 Å². The van der Waals surface area contributed by atoms with Gasteiger partial charge in [-0.1, -0.05) is 90.5 Å². The van der Waals surface area contributed by atoms with E-state index in [0.29, 0.717) is 21.2 Å². The van der Waals surface area contributed by atoms with E-state index in [1.54, 1.807) is 22.9 Å². The van der Waals surface area contributed by atoms with Crippen molar-refractivity contribution in [3.8, 4) is 11.4 Å². The molecule has 30 heavy (non-hydrogen) atoms. The van der Waals surface area contributed by atoms with Crippen molar-refractivity contribution in [3.05, 3.63) is 106 Å². The number of nitrogens with zero attached hydrogens (tertiary/aromatic N) is 3. The first kappa shape index (κ1) is 20.1. The molecule has 150 valence electrons. The van der Waals surface area contributed by atoms with E-state index in [1.807, 2.05) is 66.7 Å². The van der Waals surface area contributed by atoms with Gasteiger partial charge in [0.05, 0.1) is 6.04 Å². The Kier molecular flexibility index (Phi) is 5.79. The van der Waals surface area contributed by atoms with Crippen LogP contribution < -0.4 is 5.84 Å². The van der Waals surface area contributed by atoms with Crippen LogP contribution in [0.3, 0.4) is 0 Å². The third kappa shape index (κ3) is 3.92. The molecule has 7 heteroatoms. The second-order valence-corrected chi connectivity index (χ2v) is 7.59. The van der Waals surface area contributed by atoms with Crippen LogP contribution in [0.25, 0.3) is 11.4 Å². The van der Waals surface area contributed by atoms with Crippen molar-refractivity contribution in [1.29, 1.82) is 0 Å². The molecule has 0 saturated carbocycles. The lowest BCUT2D eigenvalue weighted by atomic mass is 9.98. The number of carbonyl (C=O) groups excluding carboxylic acids is 1. The lowest BCUT2D eigenvalue weighted by Crippen LogP contribution is -2.18. The number of Topliss-reactive ketones (excluding diaryl/α,β-unsaturated/α-hetero) is 1. The van der Waals surface area contributed by atoms with Gasteiger partial charge in [0.2, 0.25) is 4.77 Å². The molecular weight excluding hydrogens is 416 g/mol.